The molecule has 0 unspecified atom stereocenters. The van der Waals surface area contributed by atoms with Gasteiger partial charge in [0.15, 0.2) is 0 Å². The number of phenolic OH excluding ortho intramolecular Hbond substituents is 1. The molecule has 0 atom stereocenters. The lowest BCUT2D eigenvalue weighted by Crippen LogP contribution is -2.27. The number of likely N-dealkylation sites (N-methyl/N-ethyl adjacent to an activating group) is 1. The van der Waals surface area contributed by atoms with Gasteiger partial charge in [-0.1, -0.05) is 25.6 Å². The number of aromatic nitrogens is 2. The van der Waals surface area contributed by atoms with Gasteiger partial charge in [-0.3, -0.25) is 4.68 Å². The van der Waals surface area contributed by atoms with Crippen LogP contribution in [0.1, 0.15) is 13.8 Å². The first-order valence-electron chi connectivity index (χ1n) is 8.65. The van der Waals surface area contributed by atoms with Gasteiger partial charge in [-0.2, -0.15) is 5.10 Å². The number of phenols is 1. The van der Waals surface area contributed by atoms with E-state index in [0.717, 1.165) is 63.8 Å². The van der Waals surface area contributed by atoms with E-state index in [1.807, 2.05) is 12.1 Å². The number of anilines is 1. The smallest absolute Gasteiger partial charge is 0.116 e. The highest BCUT2D eigenvalue weighted by atomic mass is 35.5. The first-order chi connectivity index (χ1) is 12.1. The maximum absolute atomic E-state index is 9.92. The molecule has 0 saturated heterocycles. The van der Waals surface area contributed by atoms with Crippen LogP contribution in [0.3, 0.4) is 0 Å². The van der Waals surface area contributed by atoms with Crippen molar-refractivity contribution >= 4 is 40.8 Å². The van der Waals surface area contributed by atoms with Crippen molar-refractivity contribution < 1.29 is 10.6 Å². The third-order valence-electron chi connectivity index (χ3n) is 4.85. The number of halogens is 1. The first-order valence-corrected chi connectivity index (χ1v) is 9.46. The van der Waals surface area contributed by atoms with E-state index < -0.39 is 0 Å². The van der Waals surface area contributed by atoms with Crippen molar-refractivity contribution in [2.45, 2.75) is 30.2 Å². The largest absolute Gasteiger partial charge is 0.508 e. The van der Waals surface area contributed by atoms with E-state index in [1.165, 1.54) is 0 Å². The highest BCUT2D eigenvalue weighted by molar-refractivity contribution is 8.00. The summed E-state index contributed by atoms with van der Waals surface area (Å²) >= 11 is 1.66. The lowest BCUT2D eigenvalue weighted by molar-refractivity contribution is 0.287. The molecule has 4 rings (SSSR count). The molecule has 5 N–H and O–H groups in total. The van der Waals surface area contributed by atoms with Crippen LogP contribution >= 0.6 is 24.2 Å². The van der Waals surface area contributed by atoms with Crippen LogP contribution in [-0.2, 0) is 6.54 Å². The minimum Gasteiger partial charge on any atom is -0.508 e. The van der Waals surface area contributed by atoms with E-state index in [4.69, 9.17) is 10.8 Å². The standard InChI is InChI=1S/C19H22N4OS.ClH.H2O/c1-3-22(4-2)9-10-23-15-7-6-14(20)19-17(15)18(21-23)13-11-12(24)5-8-16(13)25-19;;/h5-8,11,24H,3-4,9-10,20H2,1-2H3;1H;1H2. The van der Waals surface area contributed by atoms with Crippen molar-refractivity contribution in [2.75, 3.05) is 25.4 Å². The molecule has 0 amide bonds. The summed E-state index contributed by atoms with van der Waals surface area (Å²) in [5, 5.41) is 15.9. The minimum absolute atomic E-state index is 0. The number of hydrogen-bond acceptors (Lipinski definition) is 5. The fraction of sp³-hybridized carbons (Fsp3) is 0.316. The van der Waals surface area contributed by atoms with Gasteiger partial charge in [0.1, 0.15) is 11.4 Å². The molecule has 0 radical (unpaired) electrons. The Morgan fingerprint density at radius 2 is 1.93 bits per heavy atom. The van der Waals surface area contributed by atoms with Crippen LogP contribution in [0.5, 0.6) is 5.75 Å². The zero-order chi connectivity index (χ0) is 17.6. The van der Waals surface area contributed by atoms with E-state index >= 15 is 0 Å². The van der Waals surface area contributed by atoms with Crippen molar-refractivity contribution in [2.24, 2.45) is 0 Å². The summed E-state index contributed by atoms with van der Waals surface area (Å²) in [5.74, 6) is 0.262. The predicted molar refractivity (Wildman–Crippen MR) is 114 cm³/mol. The molecule has 1 aromatic heterocycles. The lowest BCUT2D eigenvalue weighted by Gasteiger charge is -2.18. The Labute approximate surface area is 169 Å². The Balaban J connectivity index is 0.00000131. The van der Waals surface area contributed by atoms with Crippen molar-refractivity contribution in [1.29, 1.82) is 0 Å². The molecule has 3 aromatic rings. The molecule has 0 bridgehead atoms. The van der Waals surface area contributed by atoms with E-state index in [1.54, 1.807) is 23.9 Å². The fourth-order valence-corrected chi connectivity index (χ4v) is 4.51. The molecule has 1 aliphatic heterocycles. The fourth-order valence-electron chi connectivity index (χ4n) is 3.40. The van der Waals surface area contributed by atoms with Crippen LogP contribution in [0, 0.1) is 0 Å². The maximum atomic E-state index is 9.92. The van der Waals surface area contributed by atoms with Gasteiger partial charge < -0.3 is 21.2 Å². The Morgan fingerprint density at radius 1 is 1.19 bits per heavy atom. The highest BCUT2D eigenvalue weighted by Crippen LogP contribution is 2.50. The number of fused-ring (bicyclic) bond motifs is 2. The van der Waals surface area contributed by atoms with E-state index in [0.29, 0.717) is 0 Å². The van der Waals surface area contributed by atoms with Gasteiger partial charge in [0, 0.05) is 33.0 Å². The second-order valence-electron chi connectivity index (χ2n) is 6.26. The minimum atomic E-state index is 0. The Morgan fingerprint density at radius 3 is 2.63 bits per heavy atom. The van der Waals surface area contributed by atoms with Crippen LogP contribution in [-0.4, -0.2) is 44.9 Å². The van der Waals surface area contributed by atoms with E-state index in [2.05, 4.69) is 29.5 Å². The number of nitrogen functional groups attached to an aromatic ring is 1. The van der Waals surface area contributed by atoms with Gasteiger partial charge in [-0.05, 0) is 43.4 Å². The van der Waals surface area contributed by atoms with Gasteiger partial charge in [0.25, 0.3) is 0 Å². The number of aromatic hydroxyl groups is 1. The molecule has 27 heavy (non-hydrogen) atoms. The maximum Gasteiger partial charge on any atom is 0.116 e. The third kappa shape index (κ3) is 3.60. The zero-order valence-corrected chi connectivity index (χ0v) is 17.0. The van der Waals surface area contributed by atoms with Crippen molar-refractivity contribution in [3.63, 3.8) is 0 Å². The summed E-state index contributed by atoms with van der Waals surface area (Å²) in [6.07, 6.45) is 0. The molecular weight excluding hydrogens is 384 g/mol. The van der Waals surface area contributed by atoms with Gasteiger partial charge in [-0.25, -0.2) is 0 Å². The molecular formula is C19H25ClN4O2S. The van der Waals surface area contributed by atoms with E-state index in [9.17, 15) is 5.11 Å². The molecule has 0 spiro atoms. The Bertz CT molecular complexity index is 957. The number of nitrogens with two attached hydrogens (primary N) is 1. The highest BCUT2D eigenvalue weighted by Gasteiger charge is 2.25. The molecule has 2 aromatic carbocycles. The summed E-state index contributed by atoms with van der Waals surface area (Å²) < 4.78 is 2.08. The monoisotopic (exact) mass is 408 g/mol. The average molecular weight is 409 g/mol. The van der Waals surface area contributed by atoms with Crippen LogP contribution in [0.4, 0.5) is 5.69 Å². The molecule has 146 valence electrons. The van der Waals surface area contributed by atoms with Crippen LogP contribution in [0.2, 0.25) is 0 Å². The molecule has 8 heteroatoms. The Hall–Kier alpha value is -1.93. The summed E-state index contributed by atoms with van der Waals surface area (Å²) in [5.41, 5.74) is 10.0. The predicted octanol–water partition coefficient (Wildman–Crippen LogP) is 3.39. The quantitative estimate of drug-likeness (QED) is 0.493. The Kier molecular flexibility index (Phi) is 6.64. The van der Waals surface area contributed by atoms with Crippen LogP contribution < -0.4 is 5.73 Å². The van der Waals surface area contributed by atoms with Crippen molar-refractivity contribution in [3.05, 3.63) is 30.3 Å². The molecule has 6 nitrogen and oxygen atoms in total. The van der Waals surface area contributed by atoms with Gasteiger partial charge in [0.2, 0.25) is 0 Å². The molecule has 0 fully saturated rings. The van der Waals surface area contributed by atoms with Crippen molar-refractivity contribution in [3.8, 4) is 17.0 Å². The number of hydrogen-bond donors (Lipinski definition) is 2. The summed E-state index contributed by atoms with van der Waals surface area (Å²) in [4.78, 5) is 4.54. The summed E-state index contributed by atoms with van der Waals surface area (Å²) in [6.45, 7) is 8.22. The van der Waals surface area contributed by atoms with Gasteiger partial charge in [0.05, 0.1) is 12.1 Å². The second kappa shape index (κ2) is 8.39. The number of rotatable bonds is 5. The number of nitrogens with zero attached hydrogens (tertiary/aromatic N) is 3. The normalized spacial score (nSPS) is 11.8. The van der Waals surface area contributed by atoms with Gasteiger partial charge in [-0.15, -0.1) is 12.4 Å². The van der Waals surface area contributed by atoms with E-state index in [-0.39, 0.29) is 23.6 Å². The number of benzene rings is 2. The lowest BCUT2D eigenvalue weighted by atomic mass is 10.1. The van der Waals surface area contributed by atoms with Crippen molar-refractivity contribution in [1.82, 2.24) is 14.7 Å². The third-order valence-corrected chi connectivity index (χ3v) is 6.07. The molecule has 2 heterocycles. The zero-order valence-electron chi connectivity index (χ0n) is 15.4. The summed E-state index contributed by atoms with van der Waals surface area (Å²) in [7, 11) is 0. The second-order valence-corrected chi connectivity index (χ2v) is 7.31. The summed E-state index contributed by atoms with van der Waals surface area (Å²) in [6, 6.07) is 9.47. The SMILES string of the molecule is CCN(CC)CCn1nc2c3c(c(N)ccc31)Sc1ccc(O)cc1-2.Cl.O. The van der Waals surface area contributed by atoms with Crippen LogP contribution in [0.25, 0.3) is 22.2 Å². The van der Waals surface area contributed by atoms with Crippen LogP contribution in [0.15, 0.2) is 40.1 Å². The average Bonchev–Trinajstić information content (AvgIpc) is 2.99. The molecule has 0 saturated carbocycles. The van der Waals surface area contributed by atoms with Gasteiger partial charge >= 0.3 is 0 Å². The topological polar surface area (TPSA) is 98.8 Å². The first kappa shape index (κ1) is 21.4. The molecule has 0 aliphatic carbocycles. The molecule has 1 aliphatic rings.